The van der Waals surface area contributed by atoms with Crippen molar-refractivity contribution >= 4 is 18.3 Å². The van der Waals surface area contributed by atoms with Gasteiger partial charge in [0.1, 0.15) is 0 Å². The highest BCUT2D eigenvalue weighted by atomic mass is 32.2. The third kappa shape index (κ3) is 3.83. The van der Waals surface area contributed by atoms with Crippen molar-refractivity contribution in [1.29, 1.82) is 0 Å². The fraction of sp³-hybridized carbons (Fsp3) is 0.667. The summed E-state index contributed by atoms with van der Waals surface area (Å²) >= 11 is 1.30. The van der Waals surface area contributed by atoms with E-state index in [1.54, 1.807) is 6.21 Å². The van der Waals surface area contributed by atoms with E-state index >= 15 is 0 Å². The highest BCUT2D eigenvalue weighted by Crippen LogP contribution is 2.25. The summed E-state index contributed by atoms with van der Waals surface area (Å²) in [6, 6.07) is 0. The zero-order valence-corrected chi connectivity index (χ0v) is 9.27. The van der Waals surface area contributed by atoms with Crippen molar-refractivity contribution in [2.24, 2.45) is 4.99 Å². The van der Waals surface area contributed by atoms with E-state index in [1.165, 1.54) is 12.0 Å². The van der Waals surface area contributed by atoms with Crippen LogP contribution in [0.25, 0.3) is 0 Å². The molecule has 0 bridgehead atoms. The maximum absolute atomic E-state index is 5.08. The molecule has 0 aromatic rings. The molecule has 1 aliphatic rings. The van der Waals surface area contributed by atoms with Gasteiger partial charge in [0.05, 0.1) is 24.8 Å². The Labute approximate surface area is 83.3 Å². The van der Waals surface area contributed by atoms with Crippen molar-refractivity contribution in [2.45, 2.75) is 32.4 Å². The van der Waals surface area contributed by atoms with Crippen LogP contribution in [0.5, 0.6) is 0 Å². The van der Waals surface area contributed by atoms with Gasteiger partial charge in [-0.3, -0.25) is 4.99 Å². The zero-order chi connectivity index (χ0) is 9.90. The summed E-state index contributed by atoms with van der Waals surface area (Å²) in [5.41, 5.74) is 1.11. The predicted molar refractivity (Wildman–Crippen MR) is 55.6 cm³/mol. The average molecular weight is 201 g/mol. The van der Waals surface area contributed by atoms with Gasteiger partial charge >= 0.3 is 0 Å². The second-order valence-corrected chi connectivity index (χ2v) is 5.49. The van der Waals surface area contributed by atoms with Crippen LogP contribution in [-0.4, -0.2) is 17.5 Å². The van der Waals surface area contributed by atoms with E-state index < -0.39 is 0 Å². The van der Waals surface area contributed by atoms with Gasteiger partial charge in [-0.15, -0.1) is 4.33 Å². The molecule has 0 radical (unpaired) electrons. The lowest BCUT2D eigenvalue weighted by Crippen LogP contribution is -2.08. The summed E-state index contributed by atoms with van der Waals surface area (Å²) in [4.78, 5) is 9.13. The number of aliphatic imine (C=N–C) groups is 1. The summed E-state index contributed by atoms with van der Waals surface area (Å²) in [5.74, 6) is 0.733. The molecule has 0 spiro atoms. The maximum Gasteiger partial charge on any atom is 0.185 e. The first-order chi connectivity index (χ1) is 5.99. The van der Waals surface area contributed by atoms with E-state index in [0.29, 0.717) is 0 Å². The topological polar surface area (TPSA) is 30.8 Å². The van der Waals surface area contributed by atoms with E-state index in [0.717, 1.165) is 17.9 Å². The standard InChI is InChI=1S/C9H15NO2S/c1-7-5-10-6-8(7)11-12-13-9(2,3)4/h6H,5H2,1-4H3. The van der Waals surface area contributed by atoms with Crippen LogP contribution in [0.3, 0.4) is 0 Å². The Kier molecular flexibility index (Phi) is 3.39. The zero-order valence-electron chi connectivity index (χ0n) is 8.46. The molecule has 74 valence electrons. The van der Waals surface area contributed by atoms with E-state index in [1.807, 2.05) is 6.92 Å². The van der Waals surface area contributed by atoms with Gasteiger partial charge in [0, 0.05) is 4.75 Å². The van der Waals surface area contributed by atoms with Crippen LogP contribution in [0.15, 0.2) is 16.3 Å². The molecule has 0 aromatic heterocycles. The lowest BCUT2D eigenvalue weighted by atomic mass is 10.3. The van der Waals surface area contributed by atoms with Gasteiger partial charge in [-0.05, 0) is 33.3 Å². The van der Waals surface area contributed by atoms with Crippen molar-refractivity contribution in [1.82, 2.24) is 0 Å². The normalized spacial score (nSPS) is 16.9. The Morgan fingerprint density at radius 3 is 2.62 bits per heavy atom. The van der Waals surface area contributed by atoms with Gasteiger partial charge in [0.25, 0.3) is 0 Å². The molecule has 0 fully saturated rings. The molecule has 3 nitrogen and oxygen atoms in total. The van der Waals surface area contributed by atoms with Crippen LogP contribution in [0.2, 0.25) is 0 Å². The van der Waals surface area contributed by atoms with Crippen LogP contribution in [0.1, 0.15) is 27.7 Å². The minimum absolute atomic E-state index is 0.0458. The first-order valence-corrected chi connectivity index (χ1v) is 4.95. The Bertz CT molecular complexity index is 240. The number of rotatable bonds is 3. The molecule has 0 aliphatic carbocycles. The van der Waals surface area contributed by atoms with Crippen molar-refractivity contribution in [3.63, 3.8) is 0 Å². The molecule has 0 atom stereocenters. The summed E-state index contributed by atoms with van der Waals surface area (Å²) in [6.07, 6.45) is 1.69. The lowest BCUT2D eigenvalue weighted by molar-refractivity contribution is -0.140. The molecule has 0 amide bonds. The Balaban J connectivity index is 2.28. The predicted octanol–water partition coefficient (Wildman–Crippen LogP) is 2.74. The number of hydrogen-bond donors (Lipinski definition) is 0. The number of hydrogen-bond acceptors (Lipinski definition) is 4. The minimum Gasteiger partial charge on any atom is -0.324 e. The van der Waals surface area contributed by atoms with Crippen LogP contribution >= 0.6 is 12.0 Å². The van der Waals surface area contributed by atoms with Crippen molar-refractivity contribution in [3.8, 4) is 0 Å². The van der Waals surface area contributed by atoms with E-state index in [9.17, 15) is 0 Å². The van der Waals surface area contributed by atoms with Crippen LogP contribution in [-0.2, 0) is 9.22 Å². The van der Waals surface area contributed by atoms with E-state index in [2.05, 4.69) is 25.8 Å². The Hall–Kier alpha value is -0.480. The SMILES string of the molecule is CC1=C(OOSC(C)(C)C)C=NC1. The summed E-state index contributed by atoms with van der Waals surface area (Å²) < 4.78 is 5.07. The molecule has 0 unspecified atom stereocenters. The third-order valence-corrected chi connectivity index (χ3v) is 2.00. The van der Waals surface area contributed by atoms with Gasteiger partial charge in [-0.2, -0.15) is 0 Å². The van der Waals surface area contributed by atoms with E-state index in [4.69, 9.17) is 9.22 Å². The molecule has 1 rings (SSSR count). The Morgan fingerprint density at radius 1 is 1.46 bits per heavy atom. The van der Waals surface area contributed by atoms with Gasteiger partial charge in [0.2, 0.25) is 0 Å². The summed E-state index contributed by atoms with van der Waals surface area (Å²) in [6.45, 7) is 8.88. The van der Waals surface area contributed by atoms with Crippen molar-refractivity contribution in [2.75, 3.05) is 6.54 Å². The molecule has 0 saturated heterocycles. The van der Waals surface area contributed by atoms with Gasteiger partial charge in [-0.25, -0.2) is 0 Å². The fourth-order valence-corrected chi connectivity index (χ4v) is 1.01. The Morgan fingerprint density at radius 2 is 2.15 bits per heavy atom. The van der Waals surface area contributed by atoms with Crippen molar-refractivity contribution < 1.29 is 9.22 Å². The van der Waals surface area contributed by atoms with Gasteiger partial charge in [0.15, 0.2) is 5.76 Å². The molecule has 13 heavy (non-hydrogen) atoms. The summed E-state index contributed by atoms with van der Waals surface area (Å²) in [7, 11) is 0. The summed E-state index contributed by atoms with van der Waals surface area (Å²) in [5, 5.41) is 0. The highest BCUT2D eigenvalue weighted by Gasteiger charge is 2.14. The third-order valence-electron chi connectivity index (χ3n) is 1.37. The van der Waals surface area contributed by atoms with Crippen LogP contribution in [0, 0.1) is 0 Å². The molecular weight excluding hydrogens is 186 g/mol. The molecule has 0 aromatic carbocycles. The van der Waals surface area contributed by atoms with Crippen LogP contribution < -0.4 is 0 Å². The van der Waals surface area contributed by atoms with Crippen molar-refractivity contribution in [3.05, 3.63) is 11.3 Å². The average Bonchev–Trinajstić information content (AvgIpc) is 2.34. The second-order valence-electron chi connectivity index (χ2n) is 3.96. The van der Waals surface area contributed by atoms with Gasteiger partial charge in [-0.1, -0.05) is 0 Å². The lowest BCUT2D eigenvalue weighted by Gasteiger charge is -2.14. The molecule has 4 heteroatoms. The number of nitrogens with zero attached hydrogens (tertiary/aromatic N) is 1. The largest absolute Gasteiger partial charge is 0.324 e. The van der Waals surface area contributed by atoms with Gasteiger partial charge < -0.3 is 4.89 Å². The molecule has 1 heterocycles. The molecule has 0 saturated carbocycles. The first-order valence-electron chi connectivity index (χ1n) is 4.21. The van der Waals surface area contributed by atoms with Crippen LogP contribution in [0.4, 0.5) is 0 Å². The maximum atomic E-state index is 5.08. The second kappa shape index (κ2) is 4.15. The van der Waals surface area contributed by atoms with E-state index in [-0.39, 0.29) is 4.75 Å². The quantitative estimate of drug-likeness (QED) is 0.399. The highest BCUT2D eigenvalue weighted by molar-refractivity contribution is 7.95. The molecular formula is C9H15NO2S. The number of allylic oxidation sites excluding steroid dienone is 1. The smallest absolute Gasteiger partial charge is 0.185 e. The fourth-order valence-electron chi connectivity index (χ4n) is 0.702. The molecule has 0 N–H and O–H groups in total. The molecule has 1 aliphatic heterocycles. The monoisotopic (exact) mass is 201 g/mol. The first kappa shape index (κ1) is 10.6. The minimum atomic E-state index is 0.0458.